The molecular formula is C17H19NO5S2. The van der Waals surface area contributed by atoms with Gasteiger partial charge in [-0.1, -0.05) is 49.0 Å². The summed E-state index contributed by atoms with van der Waals surface area (Å²) in [6.45, 7) is 2.92. The Labute approximate surface area is 154 Å². The van der Waals surface area contributed by atoms with Crippen molar-refractivity contribution in [2.45, 2.75) is 25.1 Å². The zero-order valence-electron chi connectivity index (χ0n) is 13.9. The number of nitrogens with zero attached hydrogens (tertiary/aromatic N) is 1. The standard InChI is InChI=1S/C17H19NO5S2/c1-10(16(21)18-9-24-8-13(18)17(22)23)15(25-11(2)19)14(20)12-6-4-3-5-7-12/h3-7,10,13,15H,8-9H2,1-2H3,(H,22,23)/t10-,13-,15?/m0/s1. The molecule has 8 heteroatoms. The van der Waals surface area contributed by atoms with E-state index in [0.29, 0.717) is 11.3 Å². The Balaban J connectivity index is 2.24. The lowest BCUT2D eigenvalue weighted by molar-refractivity contribution is -0.149. The van der Waals surface area contributed by atoms with Crippen LogP contribution in [0.4, 0.5) is 0 Å². The number of rotatable bonds is 6. The lowest BCUT2D eigenvalue weighted by atomic mass is 9.97. The van der Waals surface area contributed by atoms with Gasteiger partial charge in [-0.15, -0.1) is 11.8 Å². The van der Waals surface area contributed by atoms with E-state index in [0.717, 1.165) is 11.8 Å². The van der Waals surface area contributed by atoms with Gasteiger partial charge in [0.1, 0.15) is 6.04 Å². The Bertz CT molecular complexity index is 679. The van der Waals surface area contributed by atoms with Crippen LogP contribution < -0.4 is 0 Å². The van der Waals surface area contributed by atoms with Crippen molar-refractivity contribution in [3.8, 4) is 0 Å². The molecule has 0 aliphatic carbocycles. The largest absolute Gasteiger partial charge is 0.480 e. The number of benzene rings is 1. The van der Waals surface area contributed by atoms with Crippen molar-refractivity contribution in [3.05, 3.63) is 35.9 Å². The van der Waals surface area contributed by atoms with Crippen LogP contribution in [0, 0.1) is 5.92 Å². The van der Waals surface area contributed by atoms with Crippen LogP contribution in [-0.2, 0) is 14.4 Å². The average Bonchev–Trinajstić information content (AvgIpc) is 3.08. The van der Waals surface area contributed by atoms with E-state index in [9.17, 15) is 24.3 Å². The van der Waals surface area contributed by atoms with Crippen LogP contribution in [0.2, 0.25) is 0 Å². The van der Waals surface area contributed by atoms with Gasteiger partial charge in [-0.05, 0) is 0 Å². The number of thioether (sulfide) groups is 2. The third-order valence-electron chi connectivity index (χ3n) is 3.90. The SMILES string of the molecule is CC(=O)SC(C(=O)c1ccccc1)[C@H](C)C(=O)N1CSC[C@H]1C(=O)O. The topological polar surface area (TPSA) is 91.8 Å². The second-order valence-electron chi connectivity index (χ2n) is 5.71. The minimum atomic E-state index is -1.06. The van der Waals surface area contributed by atoms with Crippen molar-refractivity contribution >= 4 is 46.3 Å². The summed E-state index contributed by atoms with van der Waals surface area (Å²) in [4.78, 5) is 49.8. The first-order valence-electron chi connectivity index (χ1n) is 7.70. The number of hydrogen-bond donors (Lipinski definition) is 1. The first-order valence-corrected chi connectivity index (χ1v) is 9.74. The van der Waals surface area contributed by atoms with Crippen LogP contribution >= 0.6 is 23.5 Å². The molecule has 0 spiro atoms. The first-order chi connectivity index (χ1) is 11.8. The molecule has 1 aromatic carbocycles. The molecular weight excluding hydrogens is 362 g/mol. The number of aliphatic carboxylic acids is 1. The second-order valence-corrected chi connectivity index (χ2v) is 8.03. The van der Waals surface area contributed by atoms with Gasteiger partial charge in [-0.25, -0.2) is 4.79 Å². The molecule has 1 heterocycles. The Morgan fingerprint density at radius 3 is 2.44 bits per heavy atom. The summed E-state index contributed by atoms with van der Waals surface area (Å²) in [5, 5.41) is 8.11. The minimum Gasteiger partial charge on any atom is -0.480 e. The smallest absolute Gasteiger partial charge is 0.327 e. The summed E-state index contributed by atoms with van der Waals surface area (Å²) >= 11 is 2.18. The van der Waals surface area contributed by atoms with E-state index in [2.05, 4.69) is 0 Å². The van der Waals surface area contributed by atoms with Gasteiger partial charge >= 0.3 is 5.97 Å². The molecule has 2 rings (SSSR count). The van der Waals surface area contributed by atoms with E-state index in [4.69, 9.17) is 0 Å². The molecule has 1 aliphatic heterocycles. The summed E-state index contributed by atoms with van der Waals surface area (Å²) in [6, 6.07) is 7.59. The molecule has 1 unspecified atom stereocenters. The summed E-state index contributed by atoms with van der Waals surface area (Å²) in [5.74, 6) is -1.99. The van der Waals surface area contributed by atoms with Crippen LogP contribution in [0.3, 0.4) is 0 Å². The monoisotopic (exact) mass is 381 g/mol. The molecule has 1 aromatic rings. The maximum absolute atomic E-state index is 12.8. The van der Waals surface area contributed by atoms with Gasteiger partial charge in [0.25, 0.3) is 0 Å². The van der Waals surface area contributed by atoms with Gasteiger partial charge in [0.15, 0.2) is 10.9 Å². The predicted molar refractivity (Wildman–Crippen MR) is 97.6 cm³/mol. The highest BCUT2D eigenvalue weighted by atomic mass is 32.2. The number of amides is 1. The van der Waals surface area contributed by atoms with Crippen LogP contribution in [0.1, 0.15) is 24.2 Å². The quantitative estimate of drug-likeness (QED) is 0.755. The van der Waals surface area contributed by atoms with Gasteiger partial charge in [-0.2, -0.15) is 0 Å². The minimum absolute atomic E-state index is 0.264. The third-order valence-corrected chi connectivity index (χ3v) is 6.12. The van der Waals surface area contributed by atoms with Gasteiger partial charge in [0.05, 0.1) is 17.0 Å². The van der Waals surface area contributed by atoms with Crippen molar-refractivity contribution < 1.29 is 24.3 Å². The lowest BCUT2D eigenvalue weighted by Crippen LogP contribution is -2.47. The van der Waals surface area contributed by atoms with Crippen molar-refractivity contribution in [3.63, 3.8) is 0 Å². The van der Waals surface area contributed by atoms with Gasteiger partial charge in [0.2, 0.25) is 5.91 Å². The lowest BCUT2D eigenvalue weighted by Gasteiger charge is -2.27. The Kier molecular flexibility index (Phi) is 6.66. The molecule has 1 aliphatic rings. The summed E-state index contributed by atoms with van der Waals surface area (Å²) in [6.07, 6.45) is 0. The number of carboxylic acid groups (broad SMARTS) is 1. The van der Waals surface area contributed by atoms with E-state index in [1.165, 1.54) is 23.6 Å². The summed E-state index contributed by atoms with van der Waals surface area (Å²) in [5.41, 5.74) is 0.423. The predicted octanol–water partition coefficient (Wildman–Crippen LogP) is 2.14. The molecule has 25 heavy (non-hydrogen) atoms. The van der Waals surface area contributed by atoms with Crippen LogP contribution in [0.15, 0.2) is 30.3 Å². The average molecular weight is 381 g/mol. The van der Waals surface area contributed by atoms with E-state index in [1.807, 2.05) is 0 Å². The maximum atomic E-state index is 12.8. The van der Waals surface area contributed by atoms with Crippen LogP contribution in [0.25, 0.3) is 0 Å². The van der Waals surface area contributed by atoms with Crippen molar-refractivity contribution in [1.82, 2.24) is 4.90 Å². The summed E-state index contributed by atoms with van der Waals surface area (Å²) in [7, 11) is 0. The zero-order valence-corrected chi connectivity index (χ0v) is 15.5. The number of ketones is 1. The highest BCUT2D eigenvalue weighted by molar-refractivity contribution is 8.14. The van der Waals surface area contributed by atoms with E-state index < -0.39 is 29.1 Å². The fourth-order valence-corrected chi connectivity index (χ4v) is 4.66. The van der Waals surface area contributed by atoms with Gasteiger partial charge in [-0.3, -0.25) is 14.4 Å². The molecule has 1 amide bonds. The van der Waals surface area contributed by atoms with Crippen molar-refractivity contribution in [2.24, 2.45) is 5.92 Å². The zero-order chi connectivity index (χ0) is 18.6. The van der Waals surface area contributed by atoms with E-state index in [-0.39, 0.29) is 16.8 Å². The molecule has 0 saturated carbocycles. The Hall–Kier alpha value is -1.80. The number of carboxylic acids is 1. The first kappa shape index (κ1) is 19.5. The molecule has 3 atom stereocenters. The molecule has 0 radical (unpaired) electrons. The van der Waals surface area contributed by atoms with Gasteiger partial charge in [0, 0.05) is 18.2 Å². The molecule has 1 N–H and O–H groups in total. The normalized spacial score (nSPS) is 19.3. The maximum Gasteiger partial charge on any atom is 0.327 e. The van der Waals surface area contributed by atoms with Crippen molar-refractivity contribution in [2.75, 3.05) is 11.6 Å². The second kappa shape index (κ2) is 8.53. The Morgan fingerprint density at radius 1 is 1.24 bits per heavy atom. The van der Waals surface area contributed by atoms with Gasteiger partial charge < -0.3 is 10.0 Å². The number of carbonyl (C=O) groups excluding carboxylic acids is 3. The molecule has 0 aromatic heterocycles. The fraction of sp³-hybridized carbons (Fsp3) is 0.412. The Morgan fingerprint density at radius 2 is 1.88 bits per heavy atom. The van der Waals surface area contributed by atoms with Crippen LogP contribution in [-0.4, -0.2) is 55.7 Å². The molecule has 134 valence electrons. The van der Waals surface area contributed by atoms with Crippen LogP contribution in [0.5, 0.6) is 0 Å². The van der Waals surface area contributed by atoms with E-state index >= 15 is 0 Å². The number of hydrogen-bond acceptors (Lipinski definition) is 6. The molecule has 6 nitrogen and oxygen atoms in total. The molecule has 1 fully saturated rings. The molecule has 1 saturated heterocycles. The highest BCUT2D eigenvalue weighted by Gasteiger charge is 2.41. The number of Topliss-reactive ketones (excluding diaryl/α,β-unsaturated/α-hetero) is 1. The fourth-order valence-electron chi connectivity index (χ4n) is 2.58. The third kappa shape index (κ3) is 4.64. The number of carbonyl (C=O) groups is 4. The van der Waals surface area contributed by atoms with Crippen molar-refractivity contribution in [1.29, 1.82) is 0 Å². The van der Waals surface area contributed by atoms with E-state index in [1.54, 1.807) is 37.3 Å². The highest BCUT2D eigenvalue weighted by Crippen LogP contribution is 2.30. The summed E-state index contributed by atoms with van der Waals surface area (Å²) < 4.78 is 0. The molecule has 0 bridgehead atoms.